The molecule has 1 aliphatic rings. The number of para-hydroxylation sites is 1. The van der Waals surface area contributed by atoms with Crippen LogP contribution in [0.25, 0.3) is 11.1 Å². The maximum atomic E-state index is 13.8. The van der Waals surface area contributed by atoms with E-state index in [-0.39, 0.29) is 12.2 Å². The van der Waals surface area contributed by atoms with Gasteiger partial charge in [-0.15, -0.1) is 0 Å². The Hall–Kier alpha value is -3.12. The normalized spacial score (nSPS) is 15.3. The zero-order chi connectivity index (χ0) is 22.3. The molecule has 0 aromatic heterocycles. The largest absolute Gasteiger partial charge is 0.481 e. The molecule has 0 radical (unpaired) electrons. The minimum absolute atomic E-state index is 0.183. The fourth-order valence-electron chi connectivity index (χ4n) is 4.61. The van der Waals surface area contributed by atoms with Crippen LogP contribution < -0.4 is 4.31 Å². The quantitative estimate of drug-likeness (QED) is 0.602. The van der Waals surface area contributed by atoms with Gasteiger partial charge >= 0.3 is 5.97 Å². The van der Waals surface area contributed by atoms with Crippen LogP contribution >= 0.6 is 0 Å². The molecule has 0 bridgehead atoms. The zero-order valence-corrected chi connectivity index (χ0v) is 18.6. The zero-order valence-electron chi connectivity index (χ0n) is 17.8. The lowest BCUT2D eigenvalue weighted by Crippen LogP contribution is -2.39. The first-order chi connectivity index (χ1) is 14.7. The van der Waals surface area contributed by atoms with Crippen molar-refractivity contribution in [1.29, 1.82) is 0 Å². The molecule has 160 valence electrons. The molecule has 31 heavy (non-hydrogen) atoms. The van der Waals surface area contributed by atoms with Crippen LogP contribution in [0, 0.1) is 20.8 Å². The van der Waals surface area contributed by atoms with Crippen molar-refractivity contribution >= 4 is 21.7 Å². The molecule has 1 unspecified atom stereocenters. The summed E-state index contributed by atoms with van der Waals surface area (Å²) in [6.45, 7) is 5.82. The molecular weight excluding hydrogens is 410 g/mol. The van der Waals surface area contributed by atoms with Crippen LogP contribution in [0.2, 0.25) is 0 Å². The van der Waals surface area contributed by atoms with Crippen molar-refractivity contribution in [2.75, 3.05) is 4.31 Å². The standard InChI is InChI=1S/C25H25NO4S/c1-16-12-17(2)22(18(3)13-16)15-31(29,30)26-23-11-7-6-9-20(23)19-8-4-5-10-21(19)24(26)14-25(27)28/h4-13,24H,14-15H2,1-3H3,(H,27,28). The summed E-state index contributed by atoms with van der Waals surface area (Å²) in [4.78, 5) is 11.7. The van der Waals surface area contributed by atoms with Gasteiger partial charge in [0.05, 0.1) is 23.9 Å². The Labute approximate surface area is 183 Å². The lowest BCUT2D eigenvalue weighted by Gasteiger charge is -2.38. The molecule has 0 aliphatic carbocycles. The van der Waals surface area contributed by atoms with E-state index in [2.05, 4.69) is 0 Å². The van der Waals surface area contributed by atoms with Crippen LogP contribution in [-0.2, 0) is 20.6 Å². The van der Waals surface area contributed by atoms with Gasteiger partial charge in [-0.1, -0.05) is 60.2 Å². The van der Waals surface area contributed by atoms with Crippen molar-refractivity contribution in [2.24, 2.45) is 0 Å². The first kappa shape index (κ1) is 21.1. The molecular formula is C25H25NO4S. The molecule has 3 aromatic carbocycles. The van der Waals surface area contributed by atoms with E-state index in [0.717, 1.165) is 33.4 Å². The van der Waals surface area contributed by atoms with Crippen molar-refractivity contribution in [2.45, 2.75) is 39.0 Å². The smallest absolute Gasteiger partial charge is 0.305 e. The SMILES string of the molecule is Cc1cc(C)c(CS(=O)(=O)N2c3ccccc3-c3ccccc3C2CC(=O)O)c(C)c1. The summed E-state index contributed by atoms with van der Waals surface area (Å²) in [6, 6.07) is 17.9. The molecule has 0 saturated carbocycles. The highest BCUT2D eigenvalue weighted by atomic mass is 32.2. The Bertz CT molecular complexity index is 1260. The Morgan fingerprint density at radius 1 is 0.935 bits per heavy atom. The average Bonchev–Trinajstić information content (AvgIpc) is 2.70. The number of hydrogen-bond acceptors (Lipinski definition) is 3. The minimum Gasteiger partial charge on any atom is -0.481 e. The highest BCUT2D eigenvalue weighted by Crippen LogP contribution is 2.47. The molecule has 1 N–H and O–H groups in total. The highest BCUT2D eigenvalue weighted by Gasteiger charge is 2.39. The van der Waals surface area contributed by atoms with Crippen LogP contribution in [0.1, 0.15) is 40.3 Å². The van der Waals surface area contributed by atoms with E-state index < -0.39 is 22.0 Å². The van der Waals surface area contributed by atoms with Crippen LogP contribution in [0.3, 0.4) is 0 Å². The molecule has 0 saturated heterocycles. The van der Waals surface area contributed by atoms with E-state index in [0.29, 0.717) is 11.3 Å². The van der Waals surface area contributed by atoms with Crippen molar-refractivity contribution in [3.05, 3.63) is 88.5 Å². The number of benzene rings is 3. The number of nitrogens with zero attached hydrogens (tertiary/aromatic N) is 1. The third-order valence-corrected chi connectivity index (χ3v) is 7.57. The monoisotopic (exact) mass is 435 g/mol. The van der Waals surface area contributed by atoms with Gasteiger partial charge in [0.25, 0.3) is 0 Å². The number of anilines is 1. The van der Waals surface area contributed by atoms with Crippen LogP contribution in [0.5, 0.6) is 0 Å². The summed E-state index contributed by atoms with van der Waals surface area (Å²) in [7, 11) is -3.88. The maximum Gasteiger partial charge on any atom is 0.305 e. The Kier molecular flexibility index (Phi) is 5.35. The molecule has 6 heteroatoms. The van der Waals surface area contributed by atoms with Gasteiger partial charge in [0.1, 0.15) is 0 Å². The molecule has 3 aromatic rings. The number of sulfonamides is 1. The van der Waals surface area contributed by atoms with E-state index in [1.54, 1.807) is 12.1 Å². The van der Waals surface area contributed by atoms with Crippen molar-refractivity contribution in [1.82, 2.24) is 0 Å². The van der Waals surface area contributed by atoms with Crippen LogP contribution in [-0.4, -0.2) is 19.5 Å². The Balaban J connectivity index is 1.90. The topological polar surface area (TPSA) is 74.7 Å². The predicted octanol–water partition coefficient (Wildman–Crippen LogP) is 5.14. The van der Waals surface area contributed by atoms with Gasteiger partial charge in [-0.3, -0.25) is 9.10 Å². The molecule has 0 spiro atoms. The number of aryl methyl sites for hydroxylation is 3. The van der Waals surface area contributed by atoms with Crippen LogP contribution in [0.4, 0.5) is 5.69 Å². The number of fused-ring (bicyclic) bond motifs is 3. The molecule has 1 atom stereocenters. The summed E-state index contributed by atoms with van der Waals surface area (Å²) in [5.74, 6) is -1.22. The van der Waals surface area contributed by atoms with Crippen molar-refractivity contribution < 1.29 is 18.3 Å². The average molecular weight is 436 g/mol. The van der Waals surface area contributed by atoms with Gasteiger partial charge in [-0.25, -0.2) is 8.42 Å². The van der Waals surface area contributed by atoms with E-state index in [4.69, 9.17) is 0 Å². The molecule has 0 fully saturated rings. The molecule has 5 nitrogen and oxygen atoms in total. The van der Waals surface area contributed by atoms with E-state index in [1.807, 2.05) is 69.3 Å². The number of hydrogen-bond donors (Lipinski definition) is 1. The van der Waals surface area contributed by atoms with E-state index >= 15 is 0 Å². The first-order valence-corrected chi connectivity index (χ1v) is 11.8. The third-order valence-electron chi connectivity index (χ3n) is 5.87. The van der Waals surface area contributed by atoms with Gasteiger partial charge < -0.3 is 5.11 Å². The number of aliphatic carboxylic acids is 1. The van der Waals surface area contributed by atoms with Gasteiger partial charge in [-0.05, 0) is 54.7 Å². The molecule has 1 heterocycles. The van der Waals surface area contributed by atoms with Gasteiger partial charge in [-0.2, -0.15) is 0 Å². The number of rotatable bonds is 5. The van der Waals surface area contributed by atoms with Gasteiger partial charge in [0, 0.05) is 5.56 Å². The van der Waals surface area contributed by atoms with Gasteiger partial charge in [0.15, 0.2) is 0 Å². The second-order valence-corrected chi connectivity index (χ2v) is 9.99. The van der Waals surface area contributed by atoms with E-state index in [9.17, 15) is 18.3 Å². The third kappa shape index (κ3) is 3.83. The van der Waals surface area contributed by atoms with Crippen molar-refractivity contribution in [3.63, 3.8) is 0 Å². The Morgan fingerprint density at radius 2 is 1.52 bits per heavy atom. The summed E-state index contributed by atoms with van der Waals surface area (Å²) in [6.07, 6.45) is -0.309. The fraction of sp³-hybridized carbons (Fsp3) is 0.240. The fourth-order valence-corrected chi connectivity index (χ4v) is 6.61. The lowest BCUT2D eigenvalue weighted by atomic mass is 9.88. The van der Waals surface area contributed by atoms with E-state index in [1.165, 1.54) is 4.31 Å². The highest BCUT2D eigenvalue weighted by molar-refractivity contribution is 7.92. The maximum absolute atomic E-state index is 13.8. The summed E-state index contributed by atoms with van der Waals surface area (Å²) < 4.78 is 29.0. The van der Waals surface area contributed by atoms with Crippen LogP contribution in [0.15, 0.2) is 60.7 Å². The lowest BCUT2D eigenvalue weighted by molar-refractivity contribution is -0.137. The van der Waals surface area contributed by atoms with Crippen molar-refractivity contribution in [3.8, 4) is 11.1 Å². The molecule has 1 aliphatic heterocycles. The predicted molar refractivity (Wildman–Crippen MR) is 123 cm³/mol. The minimum atomic E-state index is -3.88. The Morgan fingerprint density at radius 3 is 2.16 bits per heavy atom. The molecule has 0 amide bonds. The summed E-state index contributed by atoms with van der Waals surface area (Å²) >= 11 is 0. The second kappa shape index (κ2) is 7.85. The number of carbonyl (C=O) groups is 1. The summed E-state index contributed by atoms with van der Waals surface area (Å²) in [5.41, 5.74) is 6.58. The number of carboxylic acid groups (broad SMARTS) is 1. The number of carboxylic acids is 1. The first-order valence-electron chi connectivity index (χ1n) is 10.2. The van der Waals surface area contributed by atoms with Gasteiger partial charge in [0.2, 0.25) is 10.0 Å². The second-order valence-electron chi connectivity index (χ2n) is 8.15. The summed E-state index contributed by atoms with van der Waals surface area (Å²) in [5, 5.41) is 9.61. The molecule has 4 rings (SSSR count).